The Balaban J connectivity index is 2.31. The van der Waals surface area contributed by atoms with Crippen LogP contribution in [0.3, 0.4) is 0 Å². The Morgan fingerprint density at radius 3 is 2.21 bits per heavy atom. The summed E-state index contributed by atoms with van der Waals surface area (Å²) >= 11 is 0. The zero-order valence-corrected chi connectivity index (χ0v) is 11.0. The summed E-state index contributed by atoms with van der Waals surface area (Å²) in [4.78, 5) is 0. The van der Waals surface area contributed by atoms with Gasteiger partial charge in [-0.15, -0.1) is 0 Å². The summed E-state index contributed by atoms with van der Waals surface area (Å²) in [5, 5.41) is 10.6. The Bertz CT molecular complexity index is 574. The van der Waals surface area contributed by atoms with Crippen LogP contribution in [0.4, 0.5) is 8.78 Å². The van der Waals surface area contributed by atoms with Gasteiger partial charge in [-0.2, -0.15) is 0 Å². The molecular formula is C16H16F2O. The van der Waals surface area contributed by atoms with Crippen molar-refractivity contribution >= 4 is 0 Å². The van der Waals surface area contributed by atoms with Crippen LogP contribution >= 0.6 is 0 Å². The van der Waals surface area contributed by atoms with Crippen LogP contribution in [0, 0.1) is 18.6 Å². The molecule has 1 N–H and O–H groups in total. The van der Waals surface area contributed by atoms with E-state index in [1.165, 1.54) is 24.3 Å². The molecular weight excluding hydrogens is 246 g/mol. The third kappa shape index (κ3) is 3.18. The minimum absolute atomic E-state index is 0.303. The molecule has 2 aromatic carbocycles. The number of hydrogen-bond acceptors (Lipinski definition) is 1. The van der Waals surface area contributed by atoms with Crippen LogP contribution in [0.2, 0.25) is 0 Å². The van der Waals surface area contributed by atoms with Crippen molar-refractivity contribution in [2.24, 2.45) is 0 Å². The Labute approximate surface area is 111 Å². The third-order valence-corrected chi connectivity index (χ3v) is 3.24. The maximum atomic E-state index is 13.3. The second-order valence-corrected chi connectivity index (χ2v) is 5.04. The second-order valence-electron chi connectivity index (χ2n) is 5.04. The number of aliphatic hydroxyl groups is 1. The molecule has 1 atom stereocenters. The van der Waals surface area contributed by atoms with Gasteiger partial charge < -0.3 is 5.11 Å². The fraction of sp³-hybridized carbons (Fsp3) is 0.250. The Hall–Kier alpha value is -1.74. The second kappa shape index (κ2) is 5.10. The van der Waals surface area contributed by atoms with Gasteiger partial charge in [0.1, 0.15) is 11.6 Å². The summed E-state index contributed by atoms with van der Waals surface area (Å²) in [6, 6.07) is 10.3. The molecule has 0 aliphatic carbocycles. The largest absolute Gasteiger partial charge is 0.385 e. The molecule has 0 aromatic heterocycles. The maximum absolute atomic E-state index is 13.3. The first-order valence-electron chi connectivity index (χ1n) is 6.12. The summed E-state index contributed by atoms with van der Waals surface area (Å²) in [6.07, 6.45) is 0.303. The molecule has 0 radical (unpaired) electrons. The van der Waals surface area contributed by atoms with Crippen molar-refractivity contribution in [3.05, 3.63) is 70.8 Å². The molecule has 0 bridgehead atoms. The van der Waals surface area contributed by atoms with Crippen LogP contribution in [-0.4, -0.2) is 5.11 Å². The molecule has 0 amide bonds. The van der Waals surface area contributed by atoms with Crippen LogP contribution in [0.15, 0.2) is 42.5 Å². The maximum Gasteiger partial charge on any atom is 0.123 e. The number of rotatable bonds is 3. The van der Waals surface area contributed by atoms with E-state index in [1.807, 2.05) is 6.92 Å². The van der Waals surface area contributed by atoms with Crippen molar-refractivity contribution in [3.63, 3.8) is 0 Å². The molecule has 0 saturated heterocycles. The zero-order valence-electron chi connectivity index (χ0n) is 11.0. The average molecular weight is 262 g/mol. The van der Waals surface area contributed by atoms with Crippen LogP contribution in [-0.2, 0) is 12.0 Å². The summed E-state index contributed by atoms with van der Waals surface area (Å²) in [5.41, 5.74) is 0.990. The lowest BCUT2D eigenvalue weighted by Gasteiger charge is -2.26. The molecule has 0 aliphatic rings. The van der Waals surface area contributed by atoms with Crippen LogP contribution < -0.4 is 0 Å². The molecule has 100 valence electrons. The van der Waals surface area contributed by atoms with Gasteiger partial charge in [0.2, 0.25) is 0 Å². The molecule has 0 fully saturated rings. The number of halogens is 2. The van der Waals surface area contributed by atoms with Gasteiger partial charge in [0, 0.05) is 6.42 Å². The van der Waals surface area contributed by atoms with Crippen molar-refractivity contribution < 1.29 is 13.9 Å². The molecule has 1 unspecified atom stereocenters. The monoisotopic (exact) mass is 262 g/mol. The number of hydrogen-bond donors (Lipinski definition) is 1. The Morgan fingerprint density at radius 1 is 1.00 bits per heavy atom. The van der Waals surface area contributed by atoms with Gasteiger partial charge in [0.25, 0.3) is 0 Å². The first kappa shape index (κ1) is 13.7. The lowest BCUT2D eigenvalue weighted by molar-refractivity contribution is 0.0566. The Kier molecular flexibility index (Phi) is 3.67. The topological polar surface area (TPSA) is 20.2 Å². The highest BCUT2D eigenvalue weighted by molar-refractivity contribution is 5.33. The van der Waals surface area contributed by atoms with Gasteiger partial charge in [0.05, 0.1) is 5.60 Å². The number of benzene rings is 2. The van der Waals surface area contributed by atoms with Crippen LogP contribution in [0.5, 0.6) is 0 Å². The minimum Gasteiger partial charge on any atom is -0.385 e. The van der Waals surface area contributed by atoms with Gasteiger partial charge >= 0.3 is 0 Å². The molecule has 0 heterocycles. The summed E-state index contributed by atoms with van der Waals surface area (Å²) < 4.78 is 26.2. The van der Waals surface area contributed by atoms with Gasteiger partial charge in [-0.3, -0.25) is 0 Å². The third-order valence-electron chi connectivity index (χ3n) is 3.24. The summed E-state index contributed by atoms with van der Waals surface area (Å²) in [7, 11) is 0. The van der Waals surface area contributed by atoms with Crippen LogP contribution in [0.1, 0.15) is 23.6 Å². The predicted octanol–water partition coefficient (Wildman–Crippen LogP) is 3.72. The molecule has 3 heteroatoms. The molecule has 0 aliphatic heterocycles. The fourth-order valence-electron chi connectivity index (χ4n) is 2.27. The first-order valence-corrected chi connectivity index (χ1v) is 6.12. The number of aryl methyl sites for hydroxylation is 1. The van der Waals surface area contributed by atoms with Gasteiger partial charge in [-0.25, -0.2) is 8.78 Å². The quantitative estimate of drug-likeness (QED) is 0.893. The standard InChI is InChI=1S/C16H16F2O/c1-11-3-6-14(18)9-15(11)16(2,19)10-12-4-7-13(17)8-5-12/h3-9,19H,10H2,1-2H3. The first-order chi connectivity index (χ1) is 8.88. The SMILES string of the molecule is Cc1ccc(F)cc1C(C)(O)Cc1ccc(F)cc1. The van der Waals surface area contributed by atoms with Gasteiger partial charge in [0.15, 0.2) is 0 Å². The minimum atomic E-state index is -1.19. The van der Waals surface area contributed by atoms with E-state index in [4.69, 9.17) is 0 Å². The predicted molar refractivity (Wildman–Crippen MR) is 70.8 cm³/mol. The fourth-order valence-corrected chi connectivity index (χ4v) is 2.27. The van der Waals surface area contributed by atoms with Gasteiger partial charge in [-0.05, 0) is 54.8 Å². The van der Waals surface area contributed by atoms with Crippen molar-refractivity contribution in [1.82, 2.24) is 0 Å². The molecule has 2 aromatic rings. The van der Waals surface area contributed by atoms with E-state index in [1.54, 1.807) is 25.1 Å². The average Bonchev–Trinajstić information content (AvgIpc) is 2.35. The zero-order chi connectivity index (χ0) is 14.0. The smallest absolute Gasteiger partial charge is 0.123 e. The van der Waals surface area contributed by atoms with Crippen molar-refractivity contribution in [1.29, 1.82) is 0 Å². The van der Waals surface area contributed by atoms with Crippen molar-refractivity contribution in [2.45, 2.75) is 25.9 Å². The summed E-state index contributed by atoms with van der Waals surface area (Å²) in [6.45, 7) is 3.46. The highest BCUT2D eigenvalue weighted by Crippen LogP contribution is 2.28. The summed E-state index contributed by atoms with van der Waals surface area (Å²) in [5.74, 6) is -0.690. The van der Waals surface area contributed by atoms with E-state index in [0.717, 1.165) is 11.1 Å². The Morgan fingerprint density at radius 2 is 1.58 bits per heavy atom. The molecule has 0 spiro atoms. The van der Waals surface area contributed by atoms with E-state index in [2.05, 4.69) is 0 Å². The van der Waals surface area contributed by atoms with E-state index >= 15 is 0 Å². The lowest BCUT2D eigenvalue weighted by Crippen LogP contribution is -2.25. The molecule has 19 heavy (non-hydrogen) atoms. The highest BCUT2D eigenvalue weighted by atomic mass is 19.1. The highest BCUT2D eigenvalue weighted by Gasteiger charge is 2.25. The lowest BCUT2D eigenvalue weighted by atomic mass is 9.86. The van der Waals surface area contributed by atoms with E-state index in [0.29, 0.717) is 12.0 Å². The molecule has 1 nitrogen and oxygen atoms in total. The van der Waals surface area contributed by atoms with E-state index in [9.17, 15) is 13.9 Å². The van der Waals surface area contributed by atoms with Gasteiger partial charge in [-0.1, -0.05) is 18.2 Å². The van der Waals surface area contributed by atoms with E-state index in [-0.39, 0.29) is 11.6 Å². The van der Waals surface area contributed by atoms with E-state index < -0.39 is 5.60 Å². The van der Waals surface area contributed by atoms with Crippen LogP contribution in [0.25, 0.3) is 0 Å². The normalized spacial score (nSPS) is 14.2. The van der Waals surface area contributed by atoms with Crippen molar-refractivity contribution in [3.8, 4) is 0 Å². The molecule has 2 rings (SSSR count). The van der Waals surface area contributed by atoms with Crippen molar-refractivity contribution in [2.75, 3.05) is 0 Å². The molecule has 0 saturated carbocycles.